The van der Waals surface area contributed by atoms with Crippen LogP contribution in [0.2, 0.25) is 0 Å². The van der Waals surface area contributed by atoms with Crippen LogP contribution in [-0.2, 0) is 11.3 Å². The van der Waals surface area contributed by atoms with E-state index in [0.717, 1.165) is 19.3 Å². The van der Waals surface area contributed by atoms with Gasteiger partial charge < -0.3 is 11.1 Å². The molecule has 1 aliphatic rings. The third kappa shape index (κ3) is 3.07. The van der Waals surface area contributed by atoms with Gasteiger partial charge in [0.1, 0.15) is 0 Å². The van der Waals surface area contributed by atoms with Crippen LogP contribution < -0.4 is 11.1 Å². The molecule has 0 saturated heterocycles. The molecule has 1 aromatic rings. The number of carbonyl (C=O) groups excluding carboxylic acids is 1. The molecule has 1 fully saturated rings. The lowest BCUT2D eigenvalue weighted by Crippen LogP contribution is -2.34. The topological polar surface area (TPSA) is 55.1 Å². The van der Waals surface area contributed by atoms with Crippen LogP contribution in [0, 0.1) is 18.8 Å². The number of aryl methyl sites for hydroxylation is 1. The van der Waals surface area contributed by atoms with Crippen LogP contribution in [0.4, 0.5) is 0 Å². The van der Waals surface area contributed by atoms with E-state index in [9.17, 15) is 4.79 Å². The molecule has 2 unspecified atom stereocenters. The molecule has 2 atom stereocenters. The summed E-state index contributed by atoms with van der Waals surface area (Å²) in [5, 5.41) is 3.03. The molecule has 1 amide bonds. The second-order valence-corrected chi connectivity index (χ2v) is 6.14. The Balaban J connectivity index is 1.84. The first kappa shape index (κ1) is 12.6. The number of hydrogen-bond acceptors (Lipinski definition) is 3. The van der Waals surface area contributed by atoms with E-state index in [0.29, 0.717) is 19.0 Å². The maximum absolute atomic E-state index is 12.0. The van der Waals surface area contributed by atoms with Gasteiger partial charge in [-0.25, -0.2) is 0 Å². The van der Waals surface area contributed by atoms with Gasteiger partial charge in [0.15, 0.2) is 0 Å². The summed E-state index contributed by atoms with van der Waals surface area (Å²) in [7, 11) is 0. The van der Waals surface area contributed by atoms with E-state index in [1.807, 2.05) is 0 Å². The Morgan fingerprint density at radius 2 is 2.35 bits per heavy atom. The van der Waals surface area contributed by atoms with Gasteiger partial charge in [0.25, 0.3) is 0 Å². The lowest BCUT2D eigenvalue weighted by molar-refractivity contribution is -0.126. The Hall–Kier alpha value is -0.870. The third-order valence-electron chi connectivity index (χ3n) is 3.53. The van der Waals surface area contributed by atoms with E-state index < -0.39 is 0 Å². The molecule has 0 aliphatic heterocycles. The molecule has 0 bridgehead atoms. The maximum atomic E-state index is 12.0. The molecule has 17 heavy (non-hydrogen) atoms. The lowest BCUT2D eigenvalue weighted by Gasteiger charge is -2.16. The molecule has 2 rings (SSSR count). The molecular weight excluding hydrogens is 232 g/mol. The van der Waals surface area contributed by atoms with Gasteiger partial charge in [0, 0.05) is 15.7 Å². The summed E-state index contributed by atoms with van der Waals surface area (Å²) in [5.41, 5.74) is 5.69. The normalized spacial score (nSPS) is 23.9. The van der Waals surface area contributed by atoms with Crippen molar-refractivity contribution in [2.45, 2.75) is 32.7 Å². The highest BCUT2D eigenvalue weighted by atomic mass is 32.1. The van der Waals surface area contributed by atoms with Crippen molar-refractivity contribution in [1.29, 1.82) is 0 Å². The van der Waals surface area contributed by atoms with Crippen LogP contribution in [0.25, 0.3) is 0 Å². The molecule has 3 nitrogen and oxygen atoms in total. The number of thiophene rings is 1. The average molecular weight is 252 g/mol. The van der Waals surface area contributed by atoms with Crippen molar-refractivity contribution < 1.29 is 4.79 Å². The van der Waals surface area contributed by atoms with Crippen LogP contribution >= 0.6 is 11.3 Å². The summed E-state index contributed by atoms with van der Waals surface area (Å²) in [5.74, 6) is 0.713. The van der Waals surface area contributed by atoms with Gasteiger partial charge in [0.05, 0.1) is 6.54 Å². The standard InChI is InChI=1S/C13H20N2OS/c1-9-5-6-11(17-9)8-15-13(16)12-4-2-3-10(12)7-14/h5-6,10,12H,2-4,7-8,14H2,1H3,(H,15,16). The molecular formula is C13H20N2OS. The van der Waals surface area contributed by atoms with Crippen LogP contribution in [0.5, 0.6) is 0 Å². The van der Waals surface area contributed by atoms with Crippen molar-refractivity contribution >= 4 is 17.2 Å². The van der Waals surface area contributed by atoms with E-state index in [1.165, 1.54) is 9.75 Å². The largest absolute Gasteiger partial charge is 0.351 e. The fraction of sp³-hybridized carbons (Fsp3) is 0.615. The zero-order valence-corrected chi connectivity index (χ0v) is 11.1. The molecule has 1 aromatic heterocycles. The number of amides is 1. The van der Waals surface area contributed by atoms with Gasteiger partial charge >= 0.3 is 0 Å². The zero-order valence-electron chi connectivity index (χ0n) is 10.2. The molecule has 1 heterocycles. The summed E-state index contributed by atoms with van der Waals surface area (Å²) in [6.45, 7) is 3.37. The van der Waals surface area contributed by atoms with Crippen molar-refractivity contribution in [3.63, 3.8) is 0 Å². The minimum atomic E-state index is 0.140. The van der Waals surface area contributed by atoms with E-state index in [4.69, 9.17) is 5.73 Å². The van der Waals surface area contributed by atoms with Crippen LogP contribution in [-0.4, -0.2) is 12.5 Å². The van der Waals surface area contributed by atoms with E-state index in [-0.39, 0.29) is 11.8 Å². The van der Waals surface area contributed by atoms with Gasteiger partial charge in [0.2, 0.25) is 5.91 Å². The first-order valence-corrected chi connectivity index (χ1v) is 7.05. The van der Waals surface area contributed by atoms with E-state index >= 15 is 0 Å². The van der Waals surface area contributed by atoms with Crippen molar-refractivity contribution in [3.8, 4) is 0 Å². The predicted molar refractivity (Wildman–Crippen MR) is 70.8 cm³/mol. The van der Waals surface area contributed by atoms with Crippen molar-refractivity contribution in [2.24, 2.45) is 17.6 Å². The predicted octanol–water partition coefficient (Wildman–Crippen LogP) is 2.05. The molecule has 3 N–H and O–H groups in total. The molecule has 0 radical (unpaired) electrons. The molecule has 1 saturated carbocycles. The fourth-order valence-electron chi connectivity index (χ4n) is 2.55. The Kier molecular flexibility index (Phi) is 4.18. The van der Waals surface area contributed by atoms with E-state index in [1.54, 1.807) is 11.3 Å². The Morgan fingerprint density at radius 3 is 3.00 bits per heavy atom. The third-order valence-corrected chi connectivity index (χ3v) is 4.53. The highest BCUT2D eigenvalue weighted by molar-refractivity contribution is 7.11. The minimum Gasteiger partial charge on any atom is -0.351 e. The average Bonchev–Trinajstić information content (AvgIpc) is 2.94. The van der Waals surface area contributed by atoms with Crippen molar-refractivity contribution in [2.75, 3.05) is 6.54 Å². The summed E-state index contributed by atoms with van der Waals surface area (Å²) in [6, 6.07) is 4.17. The molecule has 4 heteroatoms. The number of carbonyl (C=O) groups is 1. The maximum Gasteiger partial charge on any atom is 0.223 e. The van der Waals surface area contributed by atoms with Gasteiger partial charge in [-0.2, -0.15) is 0 Å². The van der Waals surface area contributed by atoms with Crippen molar-refractivity contribution in [1.82, 2.24) is 5.32 Å². The highest BCUT2D eigenvalue weighted by Gasteiger charge is 2.31. The summed E-state index contributed by atoms with van der Waals surface area (Å²) < 4.78 is 0. The SMILES string of the molecule is Cc1ccc(CNC(=O)C2CCCC2CN)s1. The number of nitrogens with two attached hydrogens (primary N) is 1. The zero-order chi connectivity index (χ0) is 12.3. The van der Waals surface area contributed by atoms with Crippen LogP contribution in [0.15, 0.2) is 12.1 Å². The monoisotopic (exact) mass is 252 g/mol. The molecule has 94 valence electrons. The number of hydrogen-bond donors (Lipinski definition) is 2. The first-order chi connectivity index (χ1) is 8.20. The number of nitrogens with one attached hydrogen (secondary N) is 1. The van der Waals surface area contributed by atoms with Gasteiger partial charge in [-0.3, -0.25) is 4.79 Å². The minimum absolute atomic E-state index is 0.140. The molecule has 0 spiro atoms. The number of rotatable bonds is 4. The molecule has 0 aromatic carbocycles. The second-order valence-electron chi connectivity index (χ2n) is 4.76. The molecule has 1 aliphatic carbocycles. The summed E-state index contributed by atoms with van der Waals surface area (Å²) >= 11 is 1.74. The quantitative estimate of drug-likeness (QED) is 0.861. The Labute approximate surface area is 106 Å². The van der Waals surface area contributed by atoms with Crippen LogP contribution in [0.3, 0.4) is 0 Å². The van der Waals surface area contributed by atoms with Gasteiger partial charge in [-0.15, -0.1) is 11.3 Å². The van der Waals surface area contributed by atoms with Crippen LogP contribution in [0.1, 0.15) is 29.0 Å². The lowest BCUT2D eigenvalue weighted by atomic mass is 9.95. The van der Waals surface area contributed by atoms with Gasteiger partial charge in [-0.1, -0.05) is 6.42 Å². The summed E-state index contributed by atoms with van der Waals surface area (Å²) in [6.07, 6.45) is 3.24. The smallest absolute Gasteiger partial charge is 0.223 e. The Morgan fingerprint density at radius 1 is 1.53 bits per heavy atom. The summed E-state index contributed by atoms with van der Waals surface area (Å²) in [4.78, 5) is 14.5. The first-order valence-electron chi connectivity index (χ1n) is 6.24. The van der Waals surface area contributed by atoms with Gasteiger partial charge in [-0.05, 0) is 44.4 Å². The fourth-order valence-corrected chi connectivity index (χ4v) is 3.38. The highest BCUT2D eigenvalue weighted by Crippen LogP contribution is 2.31. The van der Waals surface area contributed by atoms with Crippen molar-refractivity contribution in [3.05, 3.63) is 21.9 Å². The Bertz CT molecular complexity index is 389. The second kappa shape index (κ2) is 5.65. The van der Waals surface area contributed by atoms with E-state index in [2.05, 4.69) is 24.4 Å².